The molecular weight excluding hydrogens is 174 g/mol. The molecule has 2 nitrogen and oxygen atoms in total. The predicted octanol–water partition coefficient (Wildman–Crippen LogP) is 1.98. The van der Waals surface area contributed by atoms with Crippen molar-refractivity contribution in [3.8, 4) is 0 Å². The third-order valence-electron chi connectivity index (χ3n) is 2.87. The van der Waals surface area contributed by atoms with E-state index in [-0.39, 0.29) is 12.6 Å². The molecule has 0 amide bonds. The van der Waals surface area contributed by atoms with Crippen LogP contribution in [0.5, 0.6) is 0 Å². The first-order chi connectivity index (χ1) is 6.79. The molecule has 3 N–H and O–H groups in total. The van der Waals surface area contributed by atoms with Crippen LogP contribution in [0.25, 0.3) is 0 Å². The summed E-state index contributed by atoms with van der Waals surface area (Å²) in [4.78, 5) is 0. The minimum absolute atomic E-state index is 0.109. The van der Waals surface area contributed by atoms with Gasteiger partial charge in [0.2, 0.25) is 0 Å². The van der Waals surface area contributed by atoms with Crippen molar-refractivity contribution in [3.05, 3.63) is 35.4 Å². The van der Waals surface area contributed by atoms with Crippen molar-refractivity contribution in [1.82, 2.24) is 0 Å². The summed E-state index contributed by atoms with van der Waals surface area (Å²) in [6, 6.07) is 8.12. The van der Waals surface area contributed by atoms with Crippen LogP contribution in [0.3, 0.4) is 0 Å². The average Bonchev–Trinajstić information content (AvgIpc) is 3.02. The van der Waals surface area contributed by atoms with Crippen molar-refractivity contribution in [2.24, 2.45) is 11.7 Å². The van der Waals surface area contributed by atoms with Crippen molar-refractivity contribution >= 4 is 0 Å². The Morgan fingerprint density at radius 1 is 1.29 bits per heavy atom. The third kappa shape index (κ3) is 2.34. The first kappa shape index (κ1) is 9.69. The van der Waals surface area contributed by atoms with Gasteiger partial charge in [-0.05, 0) is 23.5 Å². The van der Waals surface area contributed by atoms with Crippen LogP contribution in [0, 0.1) is 5.92 Å². The van der Waals surface area contributed by atoms with Crippen LogP contribution < -0.4 is 5.73 Å². The minimum atomic E-state index is 0.109. The van der Waals surface area contributed by atoms with E-state index in [1.165, 1.54) is 18.4 Å². The van der Waals surface area contributed by atoms with Gasteiger partial charge in [0, 0.05) is 6.04 Å². The SMILES string of the molecule is NC(CC1CC1)c1ccc(CO)cc1. The van der Waals surface area contributed by atoms with Crippen LogP contribution in [0.2, 0.25) is 0 Å². The number of nitrogens with two attached hydrogens (primary N) is 1. The quantitative estimate of drug-likeness (QED) is 0.764. The molecule has 1 atom stereocenters. The van der Waals surface area contributed by atoms with E-state index in [0.717, 1.165) is 17.9 Å². The van der Waals surface area contributed by atoms with Crippen molar-refractivity contribution in [2.45, 2.75) is 31.9 Å². The van der Waals surface area contributed by atoms with Crippen molar-refractivity contribution in [1.29, 1.82) is 0 Å². The molecule has 1 aliphatic carbocycles. The molecule has 0 aromatic heterocycles. The normalized spacial score (nSPS) is 18.1. The van der Waals surface area contributed by atoms with E-state index in [2.05, 4.69) is 0 Å². The molecule has 0 radical (unpaired) electrons. The molecule has 1 aromatic carbocycles. The summed E-state index contributed by atoms with van der Waals surface area (Å²) < 4.78 is 0. The maximum atomic E-state index is 8.89. The molecule has 1 fully saturated rings. The number of hydrogen-bond acceptors (Lipinski definition) is 2. The second kappa shape index (κ2) is 4.11. The van der Waals surface area contributed by atoms with E-state index in [1.807, 2.05) is 24.3 Å². The Hall–Kier alpha value is -0.860. The molecule has 0 bridgehead atoms. The van der Waals surface area contributed by atoms with Crippen LogP contribution in [0.1, 0.15) is 36.4 Å². The summed E-state index contributed by atoms with van der Waals surface area (Å²) in [5.41, 5.74) is 8.21. The van der Waals surface area contributed by atoms with Gasteiger partial charge in [-0.15, -0.1) is 0 Å². The lowest BCUT2D eigenvalue weighted by atomic mass is 10.0. The summed E-state index contributed by atoms with van der Waals surface area (Å²) in [7, 11) is 0. The molecule has 0 saturated heterocycles. The maximum Gasteiger partial charge on any atom is 0.0681 e. The summed E-state index contributed by atoms with van der Waals surface area (Å²) in [5, 5.41) is 8.89. The molecule has 1 aliphatic rings. The Morgan fingerprint density at radius 3 is 2.43 bits per heavy atom. The Bertz CT molecular complexity index is 290. The first-order valence-corrected chi connectivity index (χ1v) is 5.25. The van der Waals surface area contributed by atoms with Crippen molar-refractivity contribution in [2.75, 3.05) is 0 Å². The second-order valence-electron chi connectivity index (χ2n) is 4.19. The molecule has 0 heterocycles. The Morgan fingerprint density at radius 2 is 1.93 bits per heavy atom. The fourth-order valence-corrected chi connectivity index (χ4v) is 1.72. The van der Waals surface area contributed by atoms with Crippen molar-refractivity contribution in [3.63, 3.8) is 0 Å². The highest BCUT2D eigenvalue weighted by molar-refractivity contribution is 5.24. The molecule has 0 aliphatic heterocycles. The fourth-order valence-electron chi connectivity index (χ4n) is 1.72. The number of hydrogen-bond donors (Lipinski definition) is 2. The van der Waals surface area contributed by atoms with Gasteiger partial charge >= 0.3 is 0 Å². The van der Waals surface area contributed by atoms with E-state index >= 15 is 0 Å². The second-order valence-corrected chi connectivity index (χ2v) is 4.19. The van der Waals surface area contributed by atoms with Gasteiger partial charge < -0.3 is 10.8 Å². The standard InChI is InChI=1S/C12H17NO/c13-12(7-9-1-2-9)11-5-3-10(8-14)4-6-11/h3-6,9,12,14H,1-2,7-8,13H2. The number of rotatable bonds is 4. The number of aliphatic hydroxyl groups is 1. The van der Waals surface area contributed by atoms with Gasteiger partial charge in [-0.2, -0.15) is 0 Å². The topological polar surface area (TPSA) is 46.2 Å². The van der Waals surface area contributed by atoms with E-state index in [9.17, 15) is 0 Å². The fraction of sp³-hybridized carbons (Fsp3) is 0.500. The minimum Gasteiger partial charge on any atom is -0.392 e. The highest BCUT2D eigenvalue weighted by atomic mass is 16.3. The largest absolute Gasteiger partial charge is 0.392 e. The highest BCUT2D eigenvalue weighted by Gasteiger charge is 2.24. The molecule has 14 heavy (non-hydrogen) atoms. The number of benzene rings is 1. The summed E-state index contributed by atoms with van der Waals surface area (Å²) >= 11 is 0. The van der Waals surface area contributed by atoms with Crippen LogP contribution in [-0.2, 0) is 6.61 Å². The van der Waals surface area contributed by atoms with Gasteiger partial charge in [-0.1, -0.05) is 37.1 Å². The lowest BCUT2D eigenvalue weighted by molar-refractivity contribution is 0.282. The average molecular weight is 191 g/mol. The number of aliphatic hydroxyl groups excluding tert-OH is 1. The van der Waals surface area contributed by atoms with Crippen LogP contribution in [-0.4, -0.2) is 5.11 Å². The van der Waals surface area contributed by atoms with E-state index in [0.29, 0.717) is 0 Å². The Kier molecular flexibility index (Phi) is 2.85. The maximum absolute atomic E-state index is 8.89. The zero-order valence-corrected chi connectivity index (χ0v) is 8.32. The summed E-state index contributed by atoms with van der Waals surface area (Å²) in [6.07, 6.45) is 3.81. The molecule has 1 saturated carbocycles. The van der Waals surface area contributed by atoms with Gasteiger partial charge in [-0.25, -0.2) is 0 Å². The summed E-state index contributed by atoms with van der Waals surface area (Å²) in [6.45, 7) is 0.109. The highest BCUT2D eigenvalue weighted by Crippen LogP contribution is 2.36. The van der Waals surface area contributed by atoms with Gasteiger partial charge in [0.25, 0.3) is 0 Å². The lowest BCUT2D eigenvalue weighted by Crippen LogP contribution is -2.10. The molecule has 1 aromatic rings. The zero-order valence-electron chi connectivity index (χ0n) is 8.32. The van der Waals surface area contributed by atoms with Gasteiger partial charge in [0.15, 0.2) is 0 Å². The van der Waals surface area contributed by atoms with Crippen LogP contribution in [0.4, 0.5) is 0 Å². The predicted molar refractivity (Wildman–Crippen MR) is 56.6 cm³/mol. The zero-order chi connectivity index (χ0) is 9.97. The molecule has 0 spiro atoms. The smallest absolute Gasteiger partial charge is 0.0681 e. The third-order valence-corrected chi connectivity index (χ3v) is 2.87. The van der Waals surface area contributed by atoms with E-state index < -0.39 is 0 Å². The monoisotopic (exact) mass is 191 g/mol. The first-order valence-electron chi connectivity index (χ1n) is 5.25. The Labute approximate surface area is 84.7 Å². The lowest BCUT2D eigenvalue weighted by Gasteiger charge is -2.11. The molecular formula is C12H17NO. The van der Waals surface area contributed by atoms with E-state index in [1.54, 1.807) is 0 Å². The van der Waals surface area contributed by atoms with Crippen LogP contribution >= 0.6 is 0 Å². The van der Waals surface area contributed by atoms with Gasteiger partial charge in [0.05, 0.1) is 6.61 Å². The molecule has 2 heteroatoms. The van der Waals surface area contributed by atoms with Gasteiger partial charge in [-0.3, -0.25) is 0 Å². The van der Waals surface area contributed by atoms with Crippen molar-refractivity contribution < 1.29 is 5.11 Å². The van der Waals surface area contributed by atoms with Gasteiger partial charge in [0.1, 0.15) is 0 Å². The van der Waals surface area contributed by atoms with Crippen LogP contribution in [0.15, 0.2) is 24.3 Å². The molecule has 76 valence electrons. The molecule has 1 unspecified atom stereocenters. The molecule has 2 rings (SSSR count). The summed E-state index contributed by atoms with van der Waals surface area (Å²) in [5.74, 6) is 0.863. The van der Waals surface area contributed by atoms with E-state index in [4.69, 9.17) is 10.8 Å². The Balaban J connectivity index is 1.99.